The van der Waals surface area contributed by atoms with Gasteiger partial charge in [-0.15, -0.1) is 0 Å². The molecular weight excluding hydrogens is 202 g/mol. The van der Waals surface area contributed by atoms with Crippen molar-refractivity contribution in [2.75, 3.05) is 19.6 Å². The maximum atomic E-state index is 9.70. The molecule has 0 spiro atoms. The van der Waals surface area contributed by atoms with Gasteiger partial charge in [-0.25, -0.2) is 0 Å². The average Bonchev–Trinajstić information content (AvgIpc) is 2.70. The van der Waals surface area contributed by atoms with Crippen molar-refractivity contribution in [1.82, 2.24) is 4.90 Å². The molecule has 0 radical (unpaired) electrons. The monoisotopic (exact) mass is 221 g/mol. The van der Waals surface area contributed by atoms with Gasteiger partial charge in [-0.1, -0.05) is 13.0 Å². The van der Waals surface area contributed by atoms with Gasteiger partial charge in [0.2, 0.25) is 0 Å². The number of rotatable bonds is 3. The summed E-state index contributed by atoms with van der Waals surface area (Å²) in [6.07, 6.45) is 2.11. The summed E-state index contributed by atoms with van der Waals surface area (Å²) < 4.78 is 0. The highest BCUT2D eigenvalue weighted by atomic mass is 16.3. The Hall–Kier alpha value is -1.22. The second-order valence-electron chi connectivity index (χ2n) is 4.57. The highest BCUT2D eigenvalue weighted by Crippen LogP contribution is 2.28. The Kier molecular flexibility index (Phi) is 3.34. The molecule has 16 heavy (non-hydrogen) atoms. The Morgan fingerprint density at radius 3 is 2.81 bits per heavy atom. The topological polar surface area (TPSA) is 43.7 Å². The molecule has 0 aliphatic carbocycles. The van der Waals surface area contributed by atoms with Gasteiger partial charge in [0, 0.05) is 12.6 Å². The van der Waals surface area contributed by atoms with Crippen LogP contribution < -0.4 is 0 Å². The van der Waals surface area contributed by atoms with Crippen molar-refractivity contribution < 1.29 is 10.2 Å². The van der Waals surface area contributed by atoms with Gasteiger partial charge < -0.3 is 15.1 Å². The molecule has 1 aliphatic heterocycles. The lowest BCUT2D eigenvalue weighted by Gasteiger charge is -2.13. The summed E-state index contributed by atoms with van der Waals surface area (Å²) in [5.41, 5.74) is 0.945. The molecule has 0 saturated carbocycles. The molecule has 1 saturated heterocycles. The first-order chi connectivity index (χ1) is 7.69. The van der Waals surface area contributed by atoms with E-state index >= 15 is 0 Å². The highest BCUT2D eigenvalue weighted by molar-refractivity contribution is 5.39. The van der Waals surface area contributed by atoms with E-state index in [9.17, 15) is 10.2 Å². The van der Waals surface area contributed by atoms with Crippen LogP contribution in [0.4, 0.5) is 0 Å². The van der Waals surface area contributed by atoms with E-state index in [0.717, 1.165) is 25.1 Å². The van der Waals surface area contributed by atoms with Crippen molar-refractivity contribution in [2.24, 2.45) is 5.92 Å². The SMILES string of the molecule is CCN1CCC(Cc2ccc(O)cc2O)C1. The summed E-state index contributed by atoms with van der Waals surface area (Å²) in [4.78, 5) is 2.43. The highest BCUT2D eigenvalue weighted by Gasteiger charge is 2.22. The largest absolute Gasteiger partial charge is 0.508 e. The molecule has 2 N–H and O–H groups in total. The lowest BCUT2D eigenvalue weighted by molar-refractivity contribution is 0.341. The van der Waals surface area contributed by atoms with Crippen LogP contribution in [0.25, 0.3) is 0 Å². The molecule has 3 nitrogen and oxygen atoms in total. The third kappa shape index (κ3) is 2.47. The van der Waals surface area contributed by atoms with E-state index in [1.165, 1.54) is 19.0 Å². The number of phenols is 2. The van der Waals surface area contributed by atoms with Crippen molar-refractivity contribution in [2.45, 2.75) is 19.8 Å². The van der Waals surface area contributed by atoms with Gasteiger partial charge in [-0.3, -0.25) is 0 Å². The third-order valence-corrected chi connectivity index (χ3v) is 3.39. The molecule has 1 heterocycles. The van der Waals surface area contributed by atoms with Crippen LogP contribution in [0.5, 0.6) is 11.5 Å². The molecule has 3 heteroatoms. The van der Waals surface area contributed by atoms with Crippen molar-refractivity contribution >= 4 is 0 Å². The zero-order valence-corrected chi connectivity index (χ0v) is 9.69. The van der Waals surface area contributed by atoms with Gasteiger partial charge in [0.25, 0.3) is 0 Å². The van der Waals surface area contributed by atoms with Crippen LogP contribution in [0.1, 0.15) is 18.9 Å². The fourth-order valence-corrected chi connectivity index (χ4v) is 2.40. The van der Waals surface area contributed by atoms with Crippen LogP contribution >= 0.6 is 0 Å². The zero-order valence-electron chi connectivity index (χ0n) is 9.69. The second kappa shape index (κ2) is 4.74. The van der Waals surface area contributed by atoms with Crippen molar-refractivity contribution in [3.63, 3.8) is 0 Å². The van der Waals surface area contributed by atoms with Crippen molar-refractivity contribution in [3.8, 4) is 11.5 Å². The molecule has 0 amide bonds. The van der Waals surface area contributed by atoms with Gasteiger partial charge in [-0.05, 0) is 43.5 Å². The average molecular weight is 221 g/mol. The first-order valence-electron chi connectivity index (χ1n) is 5.92. The summed E-state index contributed by atoms with van der Waals surface area (Å²) in [7, 11) is 0. The van der Waals surface area contributed by atoms with Crippen LogP contribution in [0, 0.1) is 5.92 Å². The van der Waals surface area contributed by atoms with E-state index in [4.69, 9.17) is 0 Å². The molecular formula is C13H19NO2. The summed E-state index contributed by atoms with van der Waals surface area (Å²) in [5, 5.41) is 18.9. The first-order valence-corrected chi connectivity index (χ1v) is 5.92. The standard InChI is InChI=1S/C13H19NO2/c1-2-14-6-5-10(9-14)7-11-3-4-12(15)8-13(11)16/h3-4,8,10,15-16H,2,5-7,9H2,1H3. The molecule has 0 aromatic heterocycles. The molecule has 1 aliphatic rings. The molecule has 1 fully saturated rings. The van der Waals surface area contributed by atoms with Crippen LogP contribution in [-0.4, -0.2) is 34.7 Å². The molecule has 88 valence electrons. The Morgan fingerprint density at radius 2 is 2.19 bits per heavy atom. The number of hydrogen-bond donors (Lipinski definition) is 2. The molecule has 1 unspecified atom stereocenters. The molecule has 1 aromatic carbocycles. The van der Waals surface area contributed by atoms with Crippen LogP contribution in [0.2, 0.25) is 0 Å². The van der Waals surface area contributed by atoms with Crippen LogP contribution in [0.15, 0.2) is 18.2 Å². The Morgan fingerprint density at radius 1 is 1.38 bits per heavy atom. The van der Waals surface area contributed by atoms with E-state index in [0.29, 0.717) is 5.92 Å². The lowest BCUT2D eigenvalue weighted by Crippen LogP contribution is -2.20. The minimum atomic E-state index is 0.128. The third-order valence-electron chi connectivity index (χ3n) is 3.39. The van der Waals surface area contributed by atoms with Crippen LogP contribution in [0.3, 0.4) is 0 Å². The molecule has 2 rings (SSSR count). The van der Waals surface area contributed by atoms with Crippen molar-refractivity contribution in [3.05, 3.63) is 23.8 Å². The van der Waals surface area contributed by atoms with Crippen molar-refractivity contribution in [1.29, 1.82) is 0 Å². The van der Waals surface area contributed by atoms with Gasteiger partial charge in [0.05, 0.1) is 0 Å². The van der Waals surface area contributed by atoms with E-state index in [1.54, 1.807) is 6.07 Å². The number of phenolic OH excluding ortho intramolecular Hbond substituents is 2. The fraction of sp³-hybridized carbons (Fsp3) is 0.538. The first kappa shape index (κ1) is 11.3. The minimum Gasteiger partial charge on any atom is -0.508 e. The minimum absolute atomic E-state index is 0.128. The quantitative estimate of drug-likeness (QED) is 0.820. The maximum Gasteiger partial charge on any atom is 0.122 e. The Balaban J connectivity index is 1.99. The number of likely N-dealkylation sites (tertiary alicyclic amines) is 1. The number of benzene rings is 1. The van der Waals surface area contributed by atoms with Gasteiger partial charge in [0.1, 0.15) is 11.5 Å². The van der Waals surface area contributed by atoms with Gasteiger partial charge >= 0.3 is 0 Å². The predicted octanol–water partition coefficient (Wildman–Crippen LogP) is 1.98. The number of hydrogen-bond acceptors (Lipinski definition) is 3. The van der Waals surface area contributed by atoms with Gasteiger partial charge in [0.15, 0.2) is 0 Å². The van der Waals surface area contributed by atoms with E-state index in [2.05, 4.69) is 11.8 Å². The van der Waals surface area contributed by atoms with E-state index in [-0.39, 0.29) is 11.5 Å². The predicted molar refractivity (Wildman–Crippen MR) is 63.7 cm³/mol. The molecule has 0 bridgehead atoms. The summed E-state index contributed by atoms with van der Waals surface area (Å²) >= 11 is 0. The molecule has 1 atom stereocenters. The second-order valence-corrected chi connectivity index (χ2v) is 4.57. The Labute approximate surface area is 96.3 Å². The summed E-state index contributed by atoms with van der Waals surface area (Å²) in [5.74, 6) is 0.980. The Bertz CT molecular complexity index is 365. The molecule has 1 aromatic rings. The van der Waals surface area contributed by atoms with Crippen LogP contribution in [-0.2, 0) is 6.42 Å². The van der Waals surface area contributed by atoms with E-state index < -0.39 is 0 Å². The smallest absolute Gasteiger partial charge is 0.122 e. The number of aromatic hydroxyl groups is 2. The maximum absolute atomic E-state index is 9.70. The van der Waals surface area contributed by atoms with Gasteiger partial charge in [-0.2, -0.15) is 0 Å². The zero-order chi connectivity index (χ0) is 11.5. The number of nitrogens with zero attached hydrogens (tertiary/aromatic N) is 1. The van der Waals surface area contributed by atoms with E-state index in [1.807, 2.05) is 6.07 Å². The lowest BCUT2D eigenvalue weighted by atomic mass is 9.98. The summed E-state index contributed by atoms with van der Waals surface area (Å²) in [6, 6.07) is 4.88. The fourth-order valence-electron chi connectivity index (χ4n) is 2.40. The summed E-state index contributed by atoms with van der Waals surface area (Å²) in [6.45, 7) is 5.58. The normalized spacial score (nSPS) is 21.4.